The molecule has 80 heavy (non-hydrogen) atoms. The Morgan fingerprint density at radius 2 is 1.25 bits per heavy atom. The Morgan fingerprint density at radius 3 is 1.65 bits per heavy atom. The largest absolute Gasteiger partial charge is 0.487 e. The van der Waals surface area contributed by atoms with E-state index in [0.29, 0.717) is 28.9 Å². The van der Waals surface area contributed by atoms with E-state index in [0.717, 1.165) is 53.7 Å². The number of carbonyl (C=O) groups is 1. The van der Waals surface area contributed by atoms with E-state index in [-0.39, 0.29) is 16.9 Å². The Morgan fingerprint density at radius 1 is 0.600 bits per heavy atom. The molecule has 0 radical (unpaired) electrons. The smallest absolute Gasteiger partial charge is 0.414 e. The van der Waals surface area contributed by atoms with Gasteiger partial charge in [0.05, 0.1) is 63.9 Å². The summed E-state index contributed by atoms with van der Waals surface area (Å²) >= 11 is 7.91. The van der Waals surface area contributed by atoms with Crippen molar-refractivity contribution in [1.82, 2.24) is 35.7 Å². The summed E-state index contributed by atoms with van der Waals surface area (Å²) in [5.41, 5.74) is 4.32. The second-order valence-electron chi connectivity index (χ2n) is 15.9. The summed E-state index contributed by atoms with van der Waals surface area (Å²) < 4.78 is 61.0. The minimum absolute atomic E-state index is 0.0522. The molecule has 3 aromatic carbocycles. The maximum atomic E-state index is 12.2. The number of thiazole rings is 2. The topological polar surface area (TPSA) is 221 Å². The number of anilines is 1. The first-order valence-corrected chi connectivity index (χ1v) is 29.8. The van der Waals surface area contributed by atoms with Crippen molar-refractivity contribution in [3.05, 3.63) is 175 Å². The van der Waals surface area contributed by atoms with E-state index >= 15 is 0 Å². The zero-order chi connectivity index (χ0) is 59.5. The number of hydrogen-bond acceptors (Lipinski definition) is 21. The number of methoxy groups -OCH3 is 5. The summed E-state index contributed by atoms with van der Waals surface area (Å²) in [4.78, 5) is 23.4. The summed E-state index contributed by atoms with van der Waals surface area (Å²) in [5, 5.41) is 23.4. The number of para-hydroxylation sites is 1. The van der Waals surface area contributed by atoms with Crippen molar-refractivity contribution >= 4 is 78.3 Å². The lowest BCUT2D eigenvalue weighted by molar-refractivity contribution is 0.0958. The average Bonchev–Trinajstić information content (AvgIpc) is 4.35. The molecule has 0 saturated carbocycles. The van der Waals surface area contributed by atoms with Crippen LogP contribution in [0.3, 0.4) is 0 Å². The third-order valence-corrected chi connectivity index (χ3v) is 15.1. The molecule has 0 fully saturated rings. The quantitative estimate of drug-likeness (QED) is 0.102. The van der Waals surface area contributed by atoms with Crippen LogP contribution in [-0.2, 0) is 10.0 Å². The first-order valence-electron chi connectivity index (χ1n) is 24.2. The first-order chi connectivity index (χ1) is 38.2. The Bertz CT molecular complexity index is 3010. The predicted molar refractivity (Wildman–Crippen MR) is 326 cm³/mol. The lowest BCUT2D eigenvalue weighted by Gasteiger charge is -2.10. The van der Waals surface area contributed by atoms with Crippen LogP contribution < -0.4 is 38.5 Å². The van der Waals surface area contributed by atoms with Crippen molar-refractivity contribution in [1.29, 1.82) is 0 Å². The summed E-state index contributed by atoms with van der Waals surface area (Å²) in [6.07, 6.45) is 5.39. The van der Waals surface area contributed by atoms with Crippen LogP contribution in [0.5, 0.6) is 31.7 Å². The second-order valence-corrected chi connectivity index (χ2v) is 23.6. The van der Waals surface area contributed by atoms with Gasteiger partial charge >= 0.3 is 6.08 Å². The summed E-state index contributed by atoms with van der Waals surface area (Å²) in [6.45, 7) is 24.2. The molecule has 0 atom stereocenters. The van der Waals surface area contributed by atoms with Crippen LogP contribution >= 0.6 is 56.7 Å². The maximum absolute atomic E-state index is 12.2. The number of aryl methyl sites for hydroxylation is 9. The lowest BCUT2D eigenvalue weighted by atomic mass is 10.1. The zero-order valence-corrected chi connectivity index (χ0v) is 52.7. The fourth-order valence-corrected chi connectivity index (χ4v) is 9.63. The van der Waals surface area contributed by atoms with Gasteiger partial charge in [0, 0.05) is 39.9 Å². The van der Waals surface area contributed by atoms with Crippen LogP contribution in [0.15, 0.2) is 131 Å². The number of amides is 1. The maximum Gasteiger partial charge on any atom is 0.414 e. The van der Waals surface area contributed by atoms with Gasteiger partial charge in [0.2, 0.25) is 5.89 Å². The molecular weight excluding hydrogens is 1140 g/mol. The van der Waals surface area contributed by atoms with Gasteiger partial charge < -0.3 is 38.2 Å². The summed E-state index contributed by atoms with van der Waals surface area (Å²) in [7, 11) is 4.51. The molecule has 0 unspecified atom stereocenters. The highest BCUT2D eigenvalue weighted by Gasteiger charge is 2.14. The third-order valence-electron chi connectivity index (χ3n) is 9.27. The highest BCUT2D eigenvalue weighted by Crippen LogP contribution is 2.24. The Balaban J connectivity index is 0.000000319. The van der Waals surface area contributed by atoms with Crippen LogP contribution in [0, 0.1) is 62.3 Å². The van der Waals surface area contributed by atoms with E-state index in [1.54, 1.807) is 142 Å². The van der Waals surface area contributed by atoms with E-state index in [1.165, 1.54) is 33.1 Å². The molecule has 1 amide bonds. The molecule has 0 saturated heterocycles. The van der Waals surface area contributed by atoms with Crippen LogP contribution in [0.4, 0.5) is 5.69 Å². The summed E-state index contributed by atoms with van der Waals surface area (Å²) in [5.74, 6) is 0.463. The summed E-state index contributed by atoms with van der Waals surface area (Å²) in [6, 6.07) is 29.7. The van der Waals surface area contributed by atoms with Crippen molar-refractivity contribution in [2.75, 3.05) is 53.4 Å². The Hall–Kier alpha value is -7.22. The number of nitrogens with one attached hydrogen (secondary N) is 2. The van der Waals surface area contributed by atoms with Crippen LogP contribution in [0.25, 0.3) is 0 Å². The second kappa shape index (κ2) is 38.4. The minimum Gasteiger partial charge on any atom is -0.487 e. The minimum atomic E-state index is -3.50. The molecule has 432 valence electrons. The van der Waals surface area contributed by atoms with Crippen molar-refractivity contribution in [3.8, 4) is 31.7 Å². The monoisotopic (exact) mass is 1210 g/mol. The lowest BCUT2D eigenvalue weighted by Crippen LogP contribution is -2.23. The molecule has 9 rings (SSSR count). The van der Waals surface area contributed by atoms with Gasteiger partial charge in [-0.3, -0.25) is 9.52 Å². The standard InChI is InChI=1S/C14H15NO2S.C11H13NO.C7H10OS.C6H8OS.2C5H7NOS.C4H6N2O2.C4H6N2OS/c1-11-7-9-13(10-8-11)18(16,17)15-14-6-4-3-5-12(14)2;1-3-7-12-11(13)10-6-4-5-9(2)8-10;1-3-8-7-5-4-6(2)9-7;1-5-3-4-6(7-2)8-5;1-4-6-3-5(7-2)8-4;1-4-3-6-5(7-2)8-4;2*1-3-5-6-4(7-2)8-3/h3-10,15H,1-2H3;3-6,8H,1,7H2,2H3,(H,12,13);4-5H,3H2,1-2H3;3-4H,1-2H3;2*3H,1-2H3;2*1-2H3. The van der Waals surface area contributed by atoms with E-state index in [2.05, 4.69) is 71.6 Å². The molecule has 0 aliphatic carbocycles. The van der Waals surface area contributed by atoms with Gasteiger partial charge in [0.15, 0.2) is 15.2 Å². The van der Waals surface area contributed by atoms with Gasteiger partial charge in [-0.25, -0.2) is 18.4 Å². The van der Waals surface area contributed by atoms with Crippen molar-refractivity contribution in [2.45, 2.75) is 74.1 Å². The van der Waals surface area contributed by atoms with Gasteiger partial charge in [-0.15, -0.1) is 44.5 Å². The van der Waals surface area contributed by atoms with Crippen molar-refractivity contribution < 1.29 is 46.1 Å². The van der Waals surface area contributed by atoms with Crippen LogP contribution in [0.1, 0.15) is 64.5 Å². The van der Waals surface area contributed by atoms with E-state index in [4.69, 9.17) is 28.1 Å². The Kier molecular flexibility index (Phi) is 33.1. The number of hydrogen-bond donors (Lipinski definition) is 2. The molecule has 6 heterocycles. The van der Waals surface area contributed by atoms with Gasteiger partial charge in [-0.1, -0.05) is 98.8 Å². The van der Waals surface area contributed by atoms with Gasteiger partial charge in [-0.05, 0) is 122 Å². The number of aromatic nitrogens is 6. The molecule has 0 bridgehead atoms. The van der Waals surface area contributed by atoms with E-state index in [1.807, 2.05) is 97.0 Å². The molecule has 0 aliphatic heterocycles. The Labute approximate surface area is 490 Å². The highest BCUT2D eigenvalue weighted by atomic mass is 32.2. The number of carbonyl (C=O) groups excluding carboxylic acids is 1. The fraction of sp³-hybridized carbons (Fsp3) is 0.304. The van der Waals surface area contributed by atoms with Gasteiger partial charge in [0.25, 0.3) is 26.3 Å². The van der Waals surface area contributed by atoms with Crippen LogP contribution in [-0.4, -0.2) is 93.4 Å². The number of benzene rings is 3. The molecule has 2 N–H and O–H groups in total. The SMILES string of the molecule is C=CCNC(=O)c1cccc(C)c1.CCOc1ccc(C)s1.COc1ccc(C)s1.COc1cnc(C)s1.COc1ncc(C)s1.COc1nnc(C)o1.COc1nnc(C)s1.Cc1ccc(S(=O)(=O)Nc2ccccc2C)cc1. The number of nitrogens with zero attached hydrogens (tertiary/aromatic N) is 6. The molecule has 0 spiro atoms. The molecule has 24 heteroatoms. The normalized spacial score (nSPS) is 9.74. The van der Waals surface area contributed by atoms with E-state index < -0.39 is 10.0 Å². The van der Waals surface area contributed by atoms with E-state index in [9.17, 15) is 13.2 Å². The molecule has 6 aromatic heterocycles. The predicted octanol–water partition coefficient (Wildman–Crippen LogP) is 13.7. The number of sulfonamides is 1. The van der Waals surface area contributed by atoms with Gasteiger partial charge in [0.1, 0.15) is 5.01 Å². The van der Waals surface area contributed by atoms with Crippen LogP contribution in [0.2, 0.25) is 0 Å². The highest BCUT2D eigenvalue weighted by molar-refractivity contribution is 7.92. The number of ether oxygens (including phenoxy) is 6. The number of rotatable bonds is 13. The molecular formula is C56H72N8O10S6. The third kappa shape index (κ3) is 28.6. The molecule has 0 aliphatic rings. The molecule has 18 nitrogen and oxygen atoms in total. The fourth-order valence-electron chi connectivity index (χ4n) is 5.40. The average molecular weight is 1210 g/mol. The van der Waals surface area contributed by atoms with Crippen molar-refractivity contribution in [2.24, 2.45) is 0 Å². The zero-order valence-electron chi connectivity index (χ0n) is 47.8. The number of thiophene rings is 2. The molecule has 9 aromatic rings. The van der Waals surface area contributed by atoms with Crippen molar-refractivity contribution in [3.63, 3.8) is 0 Å². The van der Waals surface area contributed by atoms with Gasteiger partial charge in [-0.2, -0.15) is 0 Å². The first kappa shape index (κ1) is 68.9.